The highest BCUT2D eigenvalue weighted by atomic mass is 32.1. The molecule has 0 spiro atoms. The fraction of sp³-hybridized carbons (Fsp3) is 0.731. The van der Waals surface area contributed by atoms with Gasteiger partial charge in [0.05, 0.1) is 108 Å². The van der Waals surface area contributed by atoms with Gasteiger partial charge in [-0.05, 0) is 49.6 Å². The predicted molar refractivity (Wildman–Crippen MR) is 273 cm³/mol. The van der Waals surface area contributed by atoms with E-state index in [1.54, 1.807) is 32.4 Å². The lowest BCUT2D eigenvalue weighted by atomic mass is 9.89. The van der Waals surface area contributed by atoms with Gasteiger partial charge in [0.25, 0.3) is 0 Å². The van der Waals surface area contributed by atoms with E-state index >= 15 is 0 Å². The van der Waals surface area contributed by atoms with Gasteiger partial charge in [0.15, 0.2) is 0 Å². The summed E-state index contributed by atoms with van der Waals surface area (Å²) in [5, 5.41) is 17.7. The molecule has 1 fully saturated rings. The highest BCUT2D eigenvalue weighted by Crippen LogP contribution is 2.31. The average Bonchev–Trinajstić information content (AvgIpc) is 4.07. The number of nitrogens with zero attached hydrogens (tertiary/aromatic N) is 4. The van der Waals surface area contributed by atoms with E-state index in [-0.39, 0.29) is 72.9 Å². The number of likely N-dealkylation sites (tertiary alicyclic amines) is 1. The number of hydrogen-bond donors (Lipinski definition) is 3. The van der Waals surface area contributed by atoms with E-state index in [0.717, 1.165) is 17.0 Å². The first-order chi connectivity index (χ1) is 34.0. The Morgan fingerprint density at radius 3 is 1.99 bits per heavy atom. The van der Waals surface area contributed by atoms with Crippen LogP contribution in [0.4, 0.5) is 0 Å². The van der Waals surface area contributed by atoms with Gasteiger partial charge in [-0.3, -0.25) is 28.9 Å². The van der Waals surface area contributed by atoms with Gasteiger partial charge in [0, 0.05) is 45.9 Å². The number of aliphatic carboxylic acids is 1. The summed E-state index contributed by atoms with van der Waals surface area (Å²) in [7, 11) is 6.76. The lowest BCUT2D eigenvalue weighted by Crippen LogP contribution is -2.60. The second kappa shape index (κ2) is 32.9. The van der Waals surface area contributed by atoms with Crippen molar-refractivity contribution in [2.24, 2.45) is 23.7 Å². The SMILES string of the molecule is CC[C@H](C)C([C@@H](CC(=O)N1CCC[C@H]1[C@H](OC)[C@@H](C)C(=O)N[C@@H](Cc1ccccc1)c1nccs1)OC)N(C)C(=O)[C@@H](NC(=O)[C@H](C(C)C)N(C)CCOCCOCCOCCOCCC(=O)O)C(C)C. The molecule has 1 aromatic heterocycles. The first kappa shape index (κ1) is 61.2. The molecule has 2 heterocycles. The minimum atomic E-state index is -0.902. The van der Waals surface area contributed by atoms with E-state index in [4.69, 9.17) is 33.5 Å². The predicted octanol–water partition coefficient (Wildman–Crippen LogP) is 5.10. The number of carboxylic acid groups (broad SMARTS) is 1. The third kappa shape index (κ3) is 20.0. The second-order valence-corrected chi connectivity index (χ2v) is 20.1. The van der Waals surface area contributed by atoms with Crippen LogP contribution in [-0.4, -0.2) is 185 Å². The summed E-state index contributed by atoms with van der Waals surface area (Å²) in [6.07, 6.45) is 3.20. The molecule has 71 heavy (non-hydrogen) atoms. The Balaban J connectivity index is 1.61. The zero-order valence-corrected chi connectivity index (χ0v) is 45.2. The van der Waals surface area contributed by atoms with Crippen LogP contribution in [0.2, 0.25) is 0 Å². The number of nitrogens with one attached hydrogen (secondary N) is 2. The lowest BCUT2D eigenvalue weighted by molar-refractivity contribution is -0.148. The van der Waals surface area contributed by atoms with Crippen LogP contribution in [0.5, 0.6) is 0 Å². The summed E-state index contributed by atoms with van der Waals surface area (Å²) in [5.74, 6) is -2.72. The summed E-state index contributed by atoms with van der Waals surface area (Å²) in [4.78, 5) is 77.7. The summed E-state index contributed by atoms with van der Waals surface area (Å²) in [6, 6.07) is 7.43. The highest BCUT2D eigenvalue weighted by Gasteiger charge is 2.43. The number of carbonyl (C=O) groups excluding carboxylic acids is 4. The Kier molecular flexibility index (Phi) is 28.4. The van der Waals surface area contributed by atoms with Crippen molar-refractivity contribution in [2.75, 3.05) is 94.3 Å². The largest absolute Gasteiger partial charge is 0.481 e. The molecule has 9 atom stereocenters. The number of likely N-dealkylation sites (N-methyl/N-ethyl adjacent to an activating group) is 2. The number of thiazole rings is 1. The number of benzene rings is 1. The van der Waals surface area contributed by atoms with E-state index in [1.165, 1.54) is 11.3 Å². The first-order valence-electron chi connectivity index (χ1n) is 25.4. The standard InChI is InChI=1S/C52H86N6O12S/c1-12-37(6)47(57(9)52(64)45(35(2)3)55-50(63)46(36(4)5)56(8)23-25-68-27-29-70-31-30-69-28-26-67-24-20-44(60)61)42(65-10)34-43(59)58-22-16-19-41(58)48(66-11)38(7)49(62)54-40(51-53-21-32-71-51)33-39-17-14-13-15-18-39/h13-15,17-18,21,32,35-38,40-42,45-48H,12,16,19-20,22-31,33-34H2,1-11H3,(H,54,62)(H,55,63)(H,60,61)/t37-,38+,40-,41-,42+,45-,46-,47?,48+/m0/s1. The molecular formula is C52H86N6O12S. The van der Waals surface area contributed by atoms with E-state index in [1.807, 2.05) is 101 Å². The molecule has 0 aliphatic carbocycles. The van der Waals surface area contributed by atoms with Gasteiger partial charge < -0.3 is 54.0 Å². The number of ether oxygens (including phenoxy) is 6. The smallest absolute Gasteiger partial charge is 0.305 e. The Labute approximate surface area is 427 Å². The van der Waals surface area contributed by atoms with E-state index in [9.17, 15) is 24.0 Å². The quantitative estimate of drug-likeness (QED) is 0.0760. The highest BCUT2D eigenvalue weighted by molar-refractivity contribution is 7.09. The molecule has 402 valence electrons. The zero-order valence-electron chi connectivity index (χ0n) is 44.3. The maximum atomic E-state index is 14.6. The van der Waals surface area contributed by atoms with Crippen molar-refractivity contribution in [3.63, 3.8) is 0 Å². The molecule has 3 rings (SSSR count). The molecule has 1 unspecified atom stereocenters. The number of carboxylic acids is 1. The van der Waals surface area contributed by atoms with Crippen molar-refractivity contribution in [3.05, 3.63) is 52.5 Å². The first-order valence-corrected chi connectivity index (χ1v) is 26.2. The number of rotatable bonds is 36. The van der Waals surface area contributed by atoms with Gasteiger partial charge in [0.1, 0.15) is 11.0 Å². The van der Waals surface area contributed by atoms with E-state index in [0.29, 0.717) is 78.6 Å². The van der Waals surface area contributed by atoms with Crippen LogP contribution in [0.3, 0.4) is 0 Å². The average molecular weight is 1020 g/mol. The Hall–Kier alpha value is -4.08. The second-order valence-electron chi connectivity index (χ2n) is 19.2. The van der Waals surface area contributed by atoms with Crippen LogP contribution in [0, 0.1) is 23.7 Å². The van der Waals surface area contributed by atoms with Gasteiger partial charge in [0.2, 0.25) is 23.6 Å². The Morgan fingerprint density at radius 1 is 0.831 bits per heavy atom. The van der Waals surface area contributed by atoms with Gasteiger partial charge in [-0.25, -0.2) is 4.98 Å². The van der Waals surface area contributed by atoms with Gasteiger partial charge in [-0.2, -0.15) is 0 Å². The molecule has 1 aromatic carbocycles. The molecule has 1 aliphatic heterocycles. The van der Waals surface area contributed by atoms with Crippen LogP contribution in [0.25, 0.3) is 0 Å². The van der Waals surface area contributed by atoms with Crippen LogP contribution in [-0.2, 0) is 58.8 Å². The topological polar surface area (TPSA) is 208 Å². The Morgan fingerprint density at radius 2 is 1.45 bits per heavy atom. The molecule has 18 nitrogen and oxygen atoms in total. The van der Waals surface area contributed by atoms with Crippen molar-refractivity contribution < 1.29 is 57.5 Å². The molecule has 19 heteroatoms. The van der Waals surface area contributed by atoms with Crippen LogP contribution in [0.1, 0.15) is 97.2 Å². The van der Waals surface area contributed by atoms with Crippen molar-refractivity contribution in [3.8, 4) is 0 Å². The molecule has 0 saturated carbocycles. The minimum absolute atomic E-state index is 0.00994. The lowest BCUT2D eigenvalue weighted by Gasteiger charge is -2.41. The van der Waals surface area contributed by atoms with Crippen molar-refractivity contribution in [2.45, 2.75) is 129 Å². The summed E-state index contributed by atoms with van der Waals surface area (Å²) >= 11 is 1.50. The molecular weight excluding hydrogens is 933 g/mol. The number of carbonyl (C=O) groups is 5. The monoisotopic (exact) mass is 1020 g/mol. The minimum Gasteiger partial charge on any atom is -0.481 e. The number of amides is 4. The van der Waals surface area contributed by atoms with Crippen molar-refractivity contribution in [1.29, 1.82) is 0 Å². The fourth-order valence-corrected chi connectivity index (χ4v) is 10.0. The molecule has 4 amide bonds. The summed E-state index contributed by atoms with van der Waals surface area (Å²) in [6.45, 7) is 17.3. The number of methoxy groups -OCH3 is 2. The zero-order chi connectivity index (χ0) is 52.5. The third-order valence-electron chi connectivity index (χ3n) is 13.4. The molecule has 0 radical (unpaired) electrons. The van der Waals surface area contributed by atoms with E-state index in [2.05, 4.69) is 15.6 Å². The normalized spacial score (nSPS) is 17.4. The summed E-state index contributed by atoms with van der Waals surface area (Å²) in [5.41, 5.74) is 1.08. The van der Waals surface area contributed by atoms with E-state index < -0.39 is 42.2 Å². The van der Waals surface area contributed by atoms with Crippen molar-refractivity contribution in [1.82, 2.24) is 30.3 Å². The van der Waals surface area contributed by atoms with Crippen LogP contribution < -0.4 is 10.6 Å². The number of hydrogen-bond acceptors (Lipinski definition) is 14. The molecule has 1 saturated heterocycles. The van der Waals surface area contributed by atoms with Crippen LogP contribution in [0.15, 0.2) is 41.9 Å². The fourth-order valence-electron chi connectivity index (χ4n) is 9.32. The third-order valence-corrected chi connectivity index (χ3v) is 14.3. The van der Waals surface area contributed by atoms with Gasteiger partial charge in [-0.1, -0.05) is 85.2 Å². The van der Waals surface area contributed by atoms with Crippen molar-refractivity contribution >= 4 is 40.9 Å². The van der Waals surface area contributed by atoms with Gasteiger partial charge >= 0.3 is 5.97 Å². The molecule has 3 N–H and O–H groups in total. The Bertz CT molecular complexity index is 1840. The number of aromatic nitrogens is 1. The van der Waals surface area contributed by atoms with Gasteiger partial charge in [-0.15, -0.1) is 11.3 Å². The molecule has 1 aliphatic rings. The maximum absolute atomic E-state index is 14.6. The summed E-state index contributed by atoms with van der Waals surface area (Å²) < 4.78 is 34.2. The molecule has 0 bridgehead atoms. The van der Waals surface area contributed by atoms with Crippen LogP contribution >= 0.6 is 11.3 Å². The molecule has 2 aromatic rings. The maximum Gasteiger partial charge on any atom is 0.305 e.